The normalized spacial score (nSPS) is 19.3. The molecule has 3 heterocycles. The Kier molecular flexibility index (Phi) is 6.11. The number of fused-ring (bicyclic) bond motifs is 2. The SMILES string of the molecule is CC1CCC(C)N1Cc1cc(F)c(F)cc1-c1ccc2nc(N)cc(C(=O)N3Cc4ccccc4C3)c2c1. The highest BCUT2D eigenvalue weighted by molar-refractivity contribution is 6.08. The van der Waals surface area contributed by atoms with E-state index in [9.17, 15) is 13.6 Å². The van der Waals surface area contributed by atoms with E-state index in [0.29, 0.717) is 59.3 Å². The molecule has 0 saturated carbocycles. The second-order valence-electron chi connectivity index (χ2n) is 10.6. The summed E-state index contributed by atoms with van der Waals surface area (Å²) in [4.78, 5) is 22.3. The first-order valence-corrected chi connectivity index (χ1v) is 13.1. The summed E-state index contributed by atoms with van der Waals surface area (Å²) < 4.78 is 29.0. The molecule has 1 fully saturated rings. The quantitative estimate of drug-likeness (QED) is 0.349. The van der Waals surface area contributed by atoms with Gasteiger partial charge in [-0.2, -0.15) is 0 Å². The predicted octanol–water partition coefficient (Wildman–Crippen LogP) is 6.29. The van der Waals surface area contributed by atoms with Crippen LogP contribution in [-0.4, -0.2) is 32.8 Å². The maximum Gasteiger partial charge on any atom is 0.255 e. The zero-order valence-corrected chi connectivity index (χ0v) is 21.5. The molecule has 1 amide bonds. The van der Waals surface area contributed by atoms with Crippen molar-refractivity contribution < 1.29 is 13.6 Å². The van der Waals surface area contributed by atoms with Crippen molar-refractivity contribution in [3.63, 3.8) is 0 Å². The average molecular weight is 513 g/mol. The van der Waals surface area contributed by atoms with Gasteiger partial charge in [0.25, 0.3) is 5.91 Å². The standard InChI is InChI=1S/C31H30F2N4O/c1-18-7-8-19(2)37(18)17-23-12-27(32)28(33)13-24(23)20-9-10-29-25(11-20)26(14-30(34)35-29)31(38)36-15-21-5-3-4-6-22(21)16-36/h3-6,9-14,18-19H,7-8,15-17H2,1-2H3,(H2,34,35). The number of halogens is 2. The Hall–Kier alpha value is -3.84. The van der Waals surface area contributed by atoms with Gasteiger partial charge in [-0.3, -0.25) is 9.69 Å². The fourth-order valence-corrected chi connectivity index (χ4v) is 5.98. The molecule has 4 aromatic rings. The fourth-order valence-electron chi connectivity index (χ4n) is 5.98. The van der Waals surface area contributed by atoms with Crippen LogP contribution in [0.3, 0.4) is 0 Å². The Morgan fingerprint density at radius 3 is 2.29 bits per heavy atom. The Balaban J connectivity index is 1.42. The molecular formula is C31H30F2N4O. The summed E-state index contributed by atoms with van der Waals surface area (Å²) in [7, 11) is 0. The summed E-state index contributed by atoms with van der Waals surface area (Å²) in [6.45, 7) is 5.91. The third-order valence-electron chi connectivity index (χ3n) is 8.13. The molecule has 0 bridgehead atoms. The van der Waals surface area contributed by atoms with Crippen LogP contribution in [0.4, 0.5) is 14.6 Å². The number of hydrogen-bond donors (Lipinski definition) is 1. The van der Waals surface area contributed by atoms with E-state index in [0.717, 1.165) is 29.5 Å². The van der Waals surface area contributed by atoms with Gasteiger partial charge in [0.05, 0.1) is 11.1 Å². The van der Waals surface area contributed by atoms with E-state index in [1.54, 1.807) is 17.0 Å². The van der Waals surface area contributed by atoms with Crippen LogP contribution in [0.5, 0.6) is 0 Å². The van der Waals surface area contributed by atoms with E-state index in [1.807, 2.05) is 36.4 Å². The molecule has 2 unspecified atom stereocenters. The van der Waals surface area contributed by atoms with Crippen molar-refractivity contribution in [3.8, 4) is 11.1 Å². The van der Waals surface area contributed by atoms with Crippen molar-refractivity contribution in [2.75, 3.05) is 5.73 Å². The minimum absolute atomic E-state index is 0.136. The van der Waals surface area contributed by atoms with E-state index >= 15 is 0 Å². The highest BCUT2D eigenvalue weighted by Gasteiger charge is 2.29. The largest absolute Gasteiger partial charge is 0.384 e. The lowest BCUT2D eigenvalue weighted by atomic mass is 9.95. The van der Waals surface area contributed by atoms with E-state index in [4.69, 9.17) is 5.73 Å². The number of carbonyl (C=O) groups excluding carboxylic acids is 1. The molecule has 7 heteroatoms. The van der Waals surface area contributed by atoms with Crippen LogP contribution in [0.2, 0.25) is 0 Å². The van der Waals surface area contributed by atoms with Gasteiger partial charge in [-0.05, 0) is 84.8 Å². The van der Waals surface area contributed by atoms with Crippen LogP contribution < -0.4 is 5.73 Å². The van der Waals surface area contributed by atoms with E-state index in [2.05, 4.69) is 23.7 Å². The van der Waals surface area contributed by atoms with Crippen LogP contribution >= 0.6 is 0 Å². The monoisotopic (exact) mass is 512 g/mol. The lowest BCUT2D eigenvalue weighted by molar-refractivity contribution is 0.0753. The van der Waals surface area contributed by atoms with Crippen LogP contribution in [0.15, 0.2) is 60.7 Å². The summed E-state index contributed by atoms with van der Waals surface area (Å²) in [5.74, 6) is -1.63. The Bertz CT molecular complexity index is 1530. The summed E-state index contributed by atoms with van der Waals surface area (Å²) >= 11 is 0. The van der Waals surface area contributed by atoms with Gasteiger partial charge in [0.1, 0.15) is 5.82 Å². The second-order valence-corrected chi connectivity index (χ2v) is 10.6. The van der Waals surface area contributed by atoms with E-state index < -0.39 is 11.6 Å². The molecule has 0 aliphatic carbocycles. The number of pyridine rings is 1. The number of hydrogen-bond acceptors (Lipinski definition) is 4. The van der Waals surface area contributed by atoms with Crippen LogP contribution in [0.1, 0.15) is 53.7 Å². The molecule has 1 aromatic heterocycles. The Morgan fingerprint density at radius 2 is 1.61 bits per heavy atom. The minimum atomic E-state index is -0.895. The number of aromatic nitrogens is 1. The van der Waals surface area contributed by atoms with Crippen LogP contribution in [0, 0.1) is 11.6 Å². The molecule has 0 spiro atoms. The number of nitrogens with two attached hydrogens (primary N) is 1. The summed E-state index contributed by atoms with van der Waals surface area (Å²) in [6.07, 6.45) is 2.16. The number of rotatable bonds is 4. The van der Waals surface area contributed by atoms with Crippen LogP contribution in [0.25, 0.3) is 22.0 Å². The molecule has 2 atom stereocenters. The minimum Gasteiger partial charge on any atom is -0.384 e. The van der Waals surface area contributed by atoms with Crippen molar-refractivity contribution in [3.05, 3.63) is 94.6 Å². The van der Waals surface area contributed by atoms with Crippen molar-refractivity contribution in [1.82, 2.24) is 14.8 Å². The molecule has 6 rings (SSSR count). The van der Waals surface area contributed by atoms with Gasteiger partial charge in [0, 0.05) is 37.1 Å². The molecular weight excluding hydrogens is 482 g/mol. The first kappa shape index (κ1) is 24.5. The van der Waals surface area contributed by atoms with Gasteiger partial charge in [0.2, 0.25) is 0 Å². The third-order valence-corrected chi connectivity index (χ3v) is 8.13. The highest BCUT2D eigenvalue weighted by Crippen LogP contribution is 2.35. The number of carbonyl (C=O) groups is 1. The van der Waals surface area contributed by atoms with Gasteiger partial charge in [-0.15, -0.1) is 0 Å². The van der Waals surface area contributed by atoms with Crippen molar-refractivity contribution in [2.45, 2.75) is 58.4 Å². The van der Waals surface area contributed by atoms with E-state index in [-0.39, 0.29) is 11.7 Å². The zero-order chi connectivity index (χ0) is 26.6. The average Bonchev–Trinajstić information content (AvgIpc) is 3.48. The molecule has 2 N–H and O–H groups in total. The van der Waals surface area contributed by atoms with Gasteiger partial charge in [-0.1, -0.05) is 30.3 Å². The molecule has 3 aromatic carbocycles. The lowest BCUT2D eigenvalue weighted by Gasteiger charge is -2.27. The number of anilines is 1. The first-order chi connectivity index (χ1) is 18.3. The summed E-state index contributed by atoms with van der Waals surface area (Å²) in [5.41, 5.74) is 11.4. The van der Waals surface area contributed by atoms with Crippen molar-refractivity contribution in [2.24, 2.45) is 0 Å². The van der Waals surface area contributed by atoms with Gasteiger partial charge < -0.3 is 10.6 Å². The maximum absolute atomic E-state index is 14.5. The van der Waals surface area contributed by atoms with E-state index in [1.165, 1.54) is 12.1 Å². The molecule has 2 aliphatic heterocycles. The highest BCUT2D eigenvalue weighted by atomic mass is 19.2. The molecule has 1 saturated heterocycles. The number of nitrogen functional groups attached to an aromatic ring is 1. The number of benzene rings is 3. The molecule has 2 aliphatic rings. The second kappa shape index (κ2) is 9.48. The molecule has 38 heavy (non-hydrogen) atoms. The molecule has 5 nitrogen and oxygen atoms in total. The fraction of sp³-hybridized carbons (Fsp3) is 0.290. The number of amides is 1. The number of likely N-dealkylation sites (tertiary alicyclic amines) is 1. The van der Waals surface area contributed by atoms with Crippen LogP contribution in [-0.2, 0) is 19.6 Å². The zero-order valence-electron chi connectivity index (χ0n) is 21.5. The summed E-state index contributed by atoms with van der Waals surface area (Å²) in [6, 6.07) is 18.4. The summed E-state index contributed by atoms with van der Waals surface area (Å²) in [5, 5.41) is 0.635. The third kappa shape index (κ3) is 4.31. The Morgan fingerprint density at radius 1 is 0.947 bits per heavy atom. The molecule has 194 valence electrons. The Labute approximate surface area is 220 Å². The predicted molar refractivity (Wildman–Crippen MR) is 145 cm³/mol. The van der Waals surface area contributed by atoms with Gasteiger partial charge >= 0.3 is 0 Å². The molecule has 0 radical (unpaired) electrons. The van der Waals surface area contributed by atoms with Gasteiger partial charge in [-0.25, -0.2) is 13.8 Å². The maximum atomic E-state index is 14.5. The topological polar surface area (TPSA) is 62.5 Å². The van der Waals surface area contributed by atoms with Crippen molar-refractivity contribution >= 4 is 22.6 Å². The first-order valence-electron chi connectivity index (χ1n) is 13.1. The number of nitrogens with zero attached hydrogens (tertiary/aromatic N) is 3. The lowest BCUT2D eigenvalue weighted by Crippen LogP contribution is -2.32. The van der Waals surface area contributed by atoms with Gasteiger partial charge in [0.15, 0.2) is 11.6 Å². The smallest absolute Gasteiger partial charge is 0.255 e. The van der Waals surface area contributed by atoms with Crippen molar-refractivity contribution in [1.29, 1.82) is 0 Å².